The molecule has 1 heterocycles. The molecule has 2 N–H and O–H groups in total. The van der Waals surface area contributed by atoms with Gasteiger partial charge in [0.15, 0.2) is 5.17 Å². The van der Waals surface area contributed by atoms with E-state index in [0.717, 1.165) is 24.1 Å². The second kappa shape index (κ2) is 9.27. The molecule has 1 aliphatic rings. The zero-order valence-corrected chi connectivity index (χ0v) is 14.1. The molecule has 2 atom stereocenters. The van der Waals surface area contributed by atoms with Crippen LogP contribution in [0.4, 0.5) is 0 Å². The fourth-order valence-electron chi connectivity index (χ4n) is 2.28. The molecule has 2 unspecified atom stereocenters. The van der Waals surface area contributed by atoms with E-state index in [4.69, 9.17) is 0 Å². The van der Waals surface area contributed by atoms with E-state index in [1.807, 2.05) is 18.7 Å². The lowest BCUT2D eigenvalue weighted by Crippen LogP contribution is -2.34. The molecule has 0 spiro atoms. The molecule has 0 radical (unpaired) electrons. The summed E-state index contributed by atoms with van der Waals surface area (Å²) < 4.78 is 0. The van der Waals surface area contributed by atoms with Gasteiger partial charge in [-0.2, -0.15) is 0 Å². The summed E-state index contributed by atoms with van der Waals surface area (Å²) >= 11 is 1.85. The molecule has 5 heteroatoms. The van der Waals surface area contributed by atoms with Crippen molar-refractivity contribution in [2.75, 3.05) is 13.1 Å². The molecule has 0 bridgehead atoms. The Bertz CT molecular complexity index is 329. The molecule has 20 heavy (non-hydrogen) atoms. The van der Waals surface area contributed by atoms with Gasteiger partial charge in [0, 0.05) is 24.3 Å². The fraction of sp³-hybridized carbons (Fsp3) is 0.867. The topological polar surface area (TPSA) is 53.5 Å². The molecular weight excluding hydrogens is 270 g/mol. The van der Waals surface area contributed by atoms with Gasteiger partial charge in [-0.05, 0) is 19.3 Å². The minimum absolute atomic E-state index is 0.118. The number of carbonyl (C=O) groups excluding carboxylic acids is 1. The number of nitrogens with zero attached hydrogens (tertiary/aromatic N) is 1. The molecule has 0 aliphatic carbocycles. The number of nitrogens with one attached hydrogen (secondary N) is 2. The molecule has 0 aromatic carbocycles. The summed E-state index contributed by atoms with van der Waals surface area (Å²) in [5, 5.41) is 7.89. The van der Waals surface area contributed by atoms with Crippen LogP contribution in [0.15, 0.2) is 4.99 Å². The van der Waals surface area contributed by atoms with Gasteiger partial charge in [-0.15, -0.1) is 0 Å². The minimum Gasteiger partial charge on any atom is -0.364 e. The van der Waals surface area contributed by atoms with Gasteiger partial charge in [-0.25, -0.2) is 0 Å². The first-order valence-electron chi connectivity index (χ1n) is 7.84. The van der Waals surface area contributed by atoms with E-state index in [9.17, 15) is 4.79 Å². The van der Waals surface area contributed by atoms with Crippen molar-refractivity contribution in [3.8, 4) is 0 Å². The summed E-state index contributed by atoms with van der Waals surface area (Å²) in [6.07, 6.45) is 3.92. The summed E-state index contributed by atoms with van der Waals surface area (Å²) in [6, 6.07) is 0.264. The normalized spacial score (nSPS) is 19.9. The lowest BCUT2D eigenvalue weighted by atomic mass is 9.99. The van der Waals surface area contributed by atoms with Crippen molar-refractivity contribution in [1.29, 1.82) is 0 Å². The second-order valence-corrected chi connectivity index (χ2v) is 6.66. The molecular formula is C15H29N3OS. The highest BCUT2D eigenvalue weighted by atomic mass is 32.2. The number of aliphatic imine (C=N–C) groups is 1. The van der Waals surface area contributed by atoms with Crippen LogP contribution < -0.4 is 10.6 Å². The smallest absolute Gasteiger partial charge is 0.221 e. The molecule has 4 nitrogen and oxygen atoms in total. The zero-order valence-electron chi connectivity index (χ0n) is 13.2. The van der Waals surface area contributed by atoms with Gasteiger partial charge in [-0.1, -0.05) is 45.4 Å². The molecule has 0 aromatic heterocycles. The first kappa shape index (κ1) is 17.3. The van der Waals surface area contributed by atoms with E-state index in [2.05, 4.69) is 36.4 Å². The van der Waals surface area contributed by atoms with Crippen molar-refractivity contribution in [1.82, 2.24) is 10.6 Å². The van der Waals surface area contributed by atoms with Crippen LogP contribution in [0.1, 0.15) is 53.4 Å². The van der Waals surface area contributed by atoms with Gasteiger partial charge < -0.3 is 10.6 Å². The maximum atomic E-state index is 11.7. The Morgan fingerprint density at radius 3 is 2.65 bits per heavy atom. The van der Waals surface area contributed by atoms with Crippen molar-refractivity contribution < 1.29 is 4.79 Å². The number of hydrogen-bond donors (Lipinski definition) is 2. The maximum absolute atomic E-state index is 11.7. The van der Waals surface area contributed by atoms with E-state index in [-0.39, 0.29) is 11.9 Å². The number of hydrogen-bond acceptors (Lipinski definition) is 4. The molecule has 0 fully saturated rings. The predicted octanol–water partition coefficient (Wildman–Crippen LogP) is 2.79. The molecule has 0 saturated heterocycles. The van der Waals surface area contributed by atoms with Crippen LogP contribution in [0.5, 0.6) is 0 Å². The second-order valence-electron chi connectivity index (χ2n) is 5.43. The largest absolute Gasteiger partial charge is 0.364 e. The Morgan fingerprint density at radius 1 is 1.35 bits per heavy atom. The van der Waals surface area contributed by atoms with Gasteiger partial charge in [0.1, 0.15) is 0 Å². The molecule has 1 rings (SSSR count). The Hall–Kier alpha value is -0.710. The van der Waals surface area contributed by atoms with Crippen LogP contribution in [0.3, 0.4) is 0 Å². The number of rotatable bonds is 8. The summed E-state index contributed by atoms with van der Waals surface area (Å²) in [7, 11) is 0. The number of carbonyl (C=O) groups is 1. The quantitative estimate of drug-likeness (QED) is 0.724. The molecule has 0 aromatic rings. The number of amidine groups is 1. The summed E-state index contributed by atoms with van der Waals surface area (Å²) in [5.41, 5.74) is 0. The Labute approximate surface area is 127 Å². The van der Waals surface area contributed by atoms with Crippen molar-refractivity contribution in [2.24, 2.45) is 10.9 Å². The highest BCUT2D eigenvalue weighted by Crippen LogP contribution is 2.30. The average Bonchev–Trinajstić information content (AvgIpc) is 2.88. The molecule has 116 valence electrons. The van der Waals surface area contributed by atoms with Crippen LogP contribution in [-0.4, -0.2) is 35.5 Å². The highest BCUT2D eigenvalue weighted by Gasteiger charge is 2.25. The van der Waals surface area contributed by atoms with Crippen molar-refractivity contribution in [2.45, 2.75) is 64.7 Å². The standard InChI is InChI=1S/C15H29N3OS/c1-5-11(4)18-14(19)8-9-16-15-17-10-13(20-15)12(6-2)7-3/h11-13H,5-10H2,1-4H3,(H,16,17)(H,18,19). The predicted molar refractivity (Wildman–Crippen MR) is 88.3 cm³/mol. The van der Waals surface area contributed by atoms with Crippen molar-refractivity contribution in [3.63, 3.8) is 0 Å². The zero-order chi connectivity index (χ0) is 15.0. The van der Waals surface area contributed by atoms with Crippen molar-refractivity contribution in [3.05, 3.63) is 0 Å². The summed E-state index contributed by atoms with van der Waals surface area (Å²) in [6.45, 7) is 10.2. The van der Waals surface area contributed by atoms with Crippen molar-refractivity contribution >= 4 is 22.8 Å². The van der Waals surface area contributed by atoms with Crippen LogP contribution in [-0.2, 0) is 4.79 Å². The molecule has 1 amide bonds. The first-order chi connectivity index (χ1) is 9.60. The third-order valence-electron chi connectivity index (χ3n) is 3.90. The highest BCUT2D eigenvalue weighted by molar-refractivity contribution is 8.14. The SMILES string of the molecule is CCC(C)NC(=O)CCNC1=NCC(C(CC)CC)S1. The first-order valence-corrected chi connectivity index (χ1v) is 8.72. The molecule has 1 aliphatic heterocycles. The van der Waals surface area contributed by atoms with Gasteiger partial charge in [0.2, 0.25) is 5.91 Å². The van der Waals surface area contributed by atoms with E-state index in [1.54, 1.807) is 0 Å². The van der Waals surface area contributed by atoms with Gasteiger partial charge in [0.25, 0.3) is 0 Å². The lowest BCUT2D eigenvalue weighted by molar-refractivity contribution is -0.121. The maximum Gasteiger partial charge on any atom is 0.221 e. The van der Waals surface area contributed by atoms with Crippen LogP contribution in [0.25, 0.3) is 0 Å². The third-order valence-corrected chi connectivity index (χ3v) is 5.23. The van der Waals surface area contributed by atoms with Gasteiger partial charge in [-0.3, -0.25) is 9.79 Å². The van der Waals surface area contributed by atoms with Crippen LogP contribution in [0, 0.1) is 5.92 Å². The monoisotopic (exact) mass is 299 g/mol. The fourth-order valence-corrected chi connectivity index (χ4v) is 3.63. The van der Waals surface area contributed by atoms with Gasteiger partial charge in [0.05, 0.1) is 6.54 Å². The lowest BCUT2D eigenvalue weighted by Gasteiger charge is -2.18. The summed E-state index contributed by atoms with van der Waals surface area (Å²) in [5.74, 6) is 0.865. The number of amides is 1. The Kier molecular flexibility index (Phi) is 8.04. The van der Waals surface area contributed by atoms with E-state index in [0.29, 0.717) is 18.2 Å². The van der Waals surface area contributed by atoms with E-state index < -0.39 is 0 Å². The summed E-state index contributed by atoms with van der Waals surface area (Å²) in [4.78, 5) is 16.2. The number of thioether (sulfide) groups is 1. The third kappa shape index (κ3) is 5.73. The van der Waals surface area contributed by atoms with Crippen LogP contribution >= 0.6 is 11.8 Å². The minimum atomic E-state index is 0.118. The Morgan fingerprint density at radius 2 is 2.05 bits per heavy atom. The Balaban J connectivity index is 2.19. The van der Waals surface area contributed by atoms with E-state index in [1.165, 1.54) is 12.8 Å². The van der Waals surface area contributed by atoms with Crippen LogP contribution in [0.2, 0.25) is 0 Å². The average molecular weight is 299 g/mol. The van der Waals surface area contributed by atoms with E-state index >= 15 is 0 Å². The molecule has 0 saturated carbocycles. The van der Waals surface area contributed by atoms with Gasteiger partial charge >= 0.3 is 0 Å².